The zero-order chi connectivity index (χ0) is 16.9. The lowest BCUT2D eigenvalue weighted by Crippen LogP contribution is -2.38. The summed E-state index contributed by atoms with van der Waals surface area (Å²) in [6.45, 7) is 2.32. The van der Waals surface area contributed by atoms with Crippen LogP contribution in [0, 0.1) is 0 Å². The first kappa shape index (κ1) is 16.5. The van der Waals surface area contributed by atoms with Crippen LogP contribution in [0.3, 0.4) is 0 Å². The van der Waals surface area contributed by atoms with Crippen molar-refractivity contribution in [2.45, 2.75) is 12.8 Å². The molecule has 1 aliphatic heterocycles. The van der Waals surface area contributed by atoms with Gasteiger partial charge in [0.15, 0.2) is 0 Å². The molecular formula is C17H18ClN3O3. The summed E-state index contributed by atoms with van der Waals surface area (Å²) in [6, 6.07) is 8.55. The van der Waals surface area contributed by atoms with Gasteiger partial charge in [-0.05, 0) is 30.7 Å². The molecule has 2 heterocycles. The molecule has 126 valence electrons. The molecule has 0 saturated carbocycles. The maximum Gasteiger partial charge on any atom is 0.253 e. The van der Waals surface area contributed by atoms with Gasteiger partial charge in [-0.1, -0.05) is 16.8 Å². The molecule has 1 aliphatic rings. The standard InChI is InChI=1S/C17H18ClN3O3/c18-14-4-2-13(3-5-14)17(23)21-8-1-7-20(9-10-21)16(22)12-15-6-11-24-19-15/h2-6,11H,1,7-10,12H2. The van der Waals surface area contributed by atoms with Crippen molar-refractivity contribution < 1.29 is 14.1 Å². The van der Waals surface area contributed by atoms with E-state index >= 15 is 0 Å². The average molecular weight is 348 g/mol. The molecule has 0 N–H and O–H groups in total. The smallest absolute Gasteiger partial charge is 0.253 e. The van der Waals surface area contributed by atoms with E-state index < -0.39 is 0 Å². The van der Waals surface area contributed by atoms with Crippen molar-refractivity contribution >= 4 is 23.4 Å². The Morgan fingerprint density at radius 2 is 1.75 bits per heavy atom. The van der Waals surface area contributed by atoms with Gasteiger partial charge in [-0.15, -0.1) is 0 Å². The van der Waals surface area contributed by atoms with E-state index in [0.29, 0.717) is 42.5 Å². The lowest BCUT2D eigenvalue weighted by molar-refractivity contribution is -0.130. The molecule has 0 radical (unpaired) electrons. The van der Waals surface area contributed by atoms with Gasteiger partial charge in [-0.25, -0.2) is 0 Å². The van der Waals surface area contributed by atoms with Crippen LogP contribution in [0.25, 0.3) is 0 Å². The molecule has 1 fully saturated rings. The number of hydrogen-bond acceptors (Lipinski definition) is 4. The van der Waals surface area contributed by atoms with Gasteiger partial charge in [-0.3, -0.25) is 9.59 Å². The summed E-state index contributed by atoms with van der Waals surface area (Å²) < 4.78 is 4.75. The molecular weight excluding hydrogens is 330 g/mol. The van der Waals surface area contributed by atoms with Gasteiger partial charge in [0.1, 0.15) is 6.26 Å². The molecule has 6 nitrogen and oxygen atoms in total. The van der Waals surface area contributed by atoms with Crippen molar-refractivity contribution in [1.29, 1.82) is 0 Å². The summed E-state index contributed by atoms with van der Waals surface area (Å²) in [5.74, 6) is -0.0258. The van der Waals surface area contributed by atoms with Crippen molar-refractivity contribution in [3.63, 3.8) is 0 Å². The van der Waals surface area contributed by atoms with Crippen molar-refractivity contribution in [2.24, 2.45) is 0 Å². The van der Waals surface area contributed by atoms with Gasteiger partial charge in [-0.2, -0.15) is 0 Å². The van der Waals surface area contributed by atoms with Gasteiger partial charge in [0, 0.05) is 42.8 Å². The molecule has 7 heteroatoms. The number of halogens is 1. The monoisotopic (exact) mass is 347 g/mol. The summed E-state index contributed by atoms with van der Waals surface area (Å²) in [4.78, 5) is 28.4. The van der Waals surface area contributed by atoms with Crippen LogP contribution >= 0.6 is 11.6 Å². The van der Waals surface area contributed by atoms with E-state index in [1.165, 1.54) is 6.26 Å². The highest BCUT2D eigenvalue weighted by atomic mass is 35.5. The summed E-state index contributed by atoms with van der Waals surface area (Å²) in [6.07, 6.45) is 2.43. The first-order chi connectivity index (χ1) is 11.6. The molecule has 0 aliphatic carbocycles. The zero-order valence-electron chi connectivity index (χ0n) is 13.2. The fourth-order valence-corrected chi connectivity index (χ4v) is 2.87. The van der Waals surface area contributed by atoms with E-state index in [1.54, 1.807) is 40.1 Å². The molecule has 1 aromatic heterocycles. The predicted molar refractivity (Wildman–Crippen MR) is 88.8 cm³/mol. The van der Waals surface area contributed by atoms with Gasteiger partial charge in [0.05, 0.1) is 12.1 Å². The van der Waals surface area contributed by atoms with Crippen molar-refractivity contribution in [1.82, 2.24) is 15.0 Å². The van der Waals surface area contributed by atoms with Gasteiger partial charge >= 0.3 is 0 Å². The SMILES string of the molecule is O=C(Cc1ccon1)N1CCCN(C(=O)c2ccc(Cl)cc2)CC1. The first-order valence-electron chi connectivity index (χ1n) is 7.85. The quantitative estimate of drug-likeness (QED) is 0.854. The highest BCUT2D eigenvalue weighted by molar-refractivity contribution is 6.30. The third kappa shape index (κ3) is 3.94. The largest absolute Gasteiger partial charge is 0.364 e. The van der Waals surface area contributed by atoms with E-state index in [-0.39, 0.29) is 18.2 Å². The number of benzene rings is 1. The Kier molecular flexibility index (Phi) is 5.15. The average Bonchev–Trinajstić information content (AvgIpc) is 2.96. The number of amides is 2. The van der Waals surface area contributed by atoms with Crippen molar-refractivity contribution in [3.8, 4) is 0 Å². The van der Waals surface area contributed by atoms with E-state index in [4.69, 9.17) is 16.1 Å². The molecule has 1 saturated heterocycles. The van der Waals surface area contributed by atoms with Crippen LogP contribution in [0.4, 0.5) is 0 Å². The highest BCUT2D eigenvalue weighted by Crippen LogP contribution is 2.14. The van der Waals surface area contributed by atoms with Crippen molar-refractivity contribution in [2.75, 3.05) is 26.2 Å². The van der Waals surface area contributed by atoms with Crippen molar-refractivity contribution in [3.05, 3.63) is 52.9 Å². The normalized spacial score (nSPS) is 15.2. The van der Waals surface area contributed by atoms with E-state index in [0.717, 1.165) is 6.42 Å². The molecule has 0 unspecified atom stereocenters. The maximum absolute atomic E-state index is 12.6. The number of hydrogen-bond donors (Lipinski definition) is 0. The molecule has 3 rings (SSSR count). The van der Waals surface area contributed by atoms with E-state index in [2.05, 4.69) is 5.16 Å². The lowest BCUT2D eigenvalue weighted by atomic mass is 10.2. The van der Waals surface area contributed by atoms with Crippen LogP contribution in [0.15, 0.2) is 41.1 Å². The minimum atomic E-state index is -0.0301. The third-order valence-electron chi connectivity index (χ3n) is 4.05. The van der Waals surface area contributed by atoms with Gasteiger partial charge in [0.25, 0.3) is 5.91 Å². The van der Waals surface area contributed by atoms with Crippen LogP contribution < -0.4 is 0 Å². The number of aromatic nitrogens is 1. The van der Waals surface area contributed by atoms with Crippen LogP contribution in [0.5, 0.6) is 0 Å². The molecule has 2 aromatic rings. The minimum Gasteiger partial charge on any atom is -0.364 e. The fraction of sp³-hybridized carbons (Fsp3) is 0.353. The van der Waals surface area contributed by atoms with Gasteiger partial charge < -0.3 is 14.3 Å². The van der Waals surface area contributed by atoms with Crippen LogP contribution in [0.2, 0.25) is 5.02 Å². The number of rotatable bonds is 3. The number of carbonyl (C=O) groups is 2. The van der Waals surface area contributed by atoms with Crippen LogP contribution in [-0.2, 0) is 11.2 Å². The summed E-state index contributed by atoms with van der Waals surface area (Å²) in [5.41, 5.74) is 1.24. The highest BCUT2D eigenvalue weighted by Gasteiger charge is 2.23. The van der Waals surface area contributed by atoms with E-state index in [9.17, 15) is 9.59 Å². The fourth-order valence-electron chi connectivity index (χ4n) is 2.74. The summed E-state index contributed by atoms with van der Waals surface area (Å²) in [5, 5.41) is 4.37. The molecule has 0 spiro atoms. The Hall–Kier alpha value is -2.34. The molecule has 0 atom stereocenters. The lowest BCUT2D eigenvalue weighted by Gasteiger charge is -2.22. The Bertz CT molecular complexity index is 700. The predicted octanol–water partition coefficient (Wildman–Crippen LogP) is 2.25. The molecule has 2 amide bonds. The van der Waals surface area contributed by atoms with Crippen LogP contribution in [0.1, 0.15) is 22.5 Å². The first-order valence-corrected chi connectivity index (χ1v) is 8.23. The maximum atomic E-state index is 12.6. The third-order valence-corrected chi connectivity index (χ3v) is 4.30. The second-order valence-corrected chi connectivity index (χ2v) is 6.14. The van der Waals surface area contributed by atoms with E-state index in [1.807, 2.05) is 0 Å². The topological polar surface area (TPSA) is 66.7 Å². The van der Waals surface area contributed by atoms with Gasteiger partial charge in [0.2, 0.25) is 5.91 Å². The molecule has 0 bridgehead atoms. The second-order valence-electron chi connectivity index (χ2n) is 5.70. The molecule has 24 heavy (non-hydrogen) atoms. The Balaban J connectivity index is 1.59. The number of nitrogens with zero attached hydrogens (tertiary/aromatic N) is 3. The Labute approximate surface area is 145 Å². The van der Waals surface area contributed by atoms with Crippen LogP contribution in [-0.4, -0.2) is 52.9 Å². The summed E-state index contributed by atoms with van der Waals surface area (Å²) in [7, 11) is 0. The Morgan fingerprint density at radius 3 is 2.46 bits per heavy atom. The number of carbonyl (C=O) groups excluding carboxylic acids is 2. The molecule has 1 aromatic carbocycles. The summed E-state index contributed by atoms with van der Waals surface area (Å²) >= 11 is 5.86. The zero-order valence-corrected chi connectivity index (χ0v) is 13.9. The minimum absolute atomic E-state index is 0.00434. The second kappa shape index (κ2) is 7.49. The Morgan fingerprint density at radius 1 is 1.04 bits per heavy atom.